The van der Waals surface area contributed by atoms with Gasteiger partial charge in [-0.1, -0.05) is 23.8 Å². The van der Waals surface area contributed by atoms with E-state index >= 15 is 0 Å². The van der Waals surface area contributed by atoms with Crippen LogP contribution in [0.3, 0.4) is 0 Å². The SMILES string of the molecule is CC(=O)c1ccc(C(C)=O)c(C(C)=O)c1.CNc1ccc(Oc2ccc(C)cc2)cc1. The van der Waals surface area contributed by atoms with E-state index in [2.05, 4.69) is 12.2 Å². The molecular weight excluding hydrogens is 390 g/mol. The zero-order valence-electron chi connectivity index (χ0n) is 18.5. The van der Waals surface area contributed by atoms with E-state index in [0.717, 1.165) is 17.2 Å². The number of anilines is 1. The third-order valence-corrected chi connectivity index (χ3v) is 4.58. The van der Waals surface area contributed by atoms with Crippen LogP contribution >= 0.6 is 0 Å². The highest BCUT2D eigenvalue weighted by Crippen LogP contribution is 2.23. The Morgan fingerprint density at radius 1 is 0.677 bits per heavy atom. The summed E-state index contributed by atoms with van der Waals surface area (Å²) >= 11 is 0. The fourth-order valence-electron chi connectivity index (χ4n) is 2.79. The molecule has 0 saturated carbocycles. The van der Waals surface area contributed by atoms with Crippen LogP contribution in [0.15, 0.2) is 66.7 Å². The number of hydrogen-bond acceptors (Lipinski definition) is 5. The van der Waals surface area contributed by atoms with Crippen molar-refractivity contribution in [3.8, 4) is 11.5 Å². The van der Waals surface area contributed by atoms with E-state index in [4.69, 9.17) is 4.74 Å². The predicted octanol–water partition coefficient (Wildman–Crippen LogP) is 6.12. The van der Waals surface area contributed by atoms with Gasteiger partial charge in [0, 0.05) is 29.4 Å². The summed E-state index contributed by atoms with van der Waals surface area (Å²) in [6.45, 7) is 6.26. The minimum atomic E-state index is -0.205. The van der Waals surface area contributed by atoms with Gasteiger partial charge in [0.1, 0.15) is 11.5 Å². The second-order valence-corrected chi connectivity index (χ2v) is 7.12. The molecule has 0 amide bonds. The van der Waals surface area contributed by atoms with Gasteiger partial charge in [-0.2, -0.15) is 0 Å². The van der Waals surface area contributed by atoms with Gasteiger partial charge in [-0.15, -0.1) is 0 Å². The summed E-state index contributed by atoms with van der Waals surface area (Å²) in [7, 11) is 1.90. The van der Waals surface area contributed by atoms with Crippen LogP contribution < -0.4 is 10.1 Å². The number of aryl methyl sites for hydroxylation is 1. The predicted molar refractivity (Wildman–Crippen MR) is 124 cm³/mol. The lowest BCUT2D eigenvalue weighted by atomic mass is 9.97. The number of benzene rings is 3. The van der Waals surface area contributed by atoms with E-state index < -0.39 is 0 Å². The van der Waals surface area contributed by atoms with E-state index in [1.165, 1.54) is 38.5 Å². The zero-order chi connectivity index (χ0) is 23.0. The lowest BCUT2D eigenvalue weighted by Crippen LogP contribution is -2.06. The summed E-state index contributed by atoms with van der Waals surface area (Å²) in [4.78, 5) is 33.6. The molecule has 5 heteroatoms. The quantitative estimate of drug-likeness (QED) is 0.489. The van der Waals surface area contributed by atoms with Crippen LogP contribution in [-0.2, 0) is 0 Å². The van der Waals surface area contributed by atoms with Crippen molar-refractivity contribution in [1.29, 1.82) is 0 Å². The molecule has 0 bridgehead atoms. The molecule has 3 aromatic carbocycles. The van der Waals surface area contributed by atoms with E-state index in [9.17, 15) is 14.4 Å². The Morgan fingerprint density at radius 2 is 1.19 bits per heavy atom. The van der Waals surface area contributed by atoms with Crippen molar-refractivity contribution in [1.82, 2.24) is 0 Å². The maximum Gasteiger partial charge on any atom is 0.160 e. The van der Waals surface area contributed by atoms with Crippen LogP contribution in [0.5, 0.6) is 11.5 Å². The van der Waals surface area contributed by atoms with Crippen LogP contribution in [0.4, 0.5) is 5.69 Å². The largest absolute Gasteiger partial charge is 0.457 e. The number of rotatable bonds is 6. The molecule has 31 heavy (non-hydrogen) atoms. The number of carbonyl (C=O) groups is 3. The Morgan fingerprint density at radius 3 is 1.65 bits per heavy atom. The first-order valence-corrected chi connectivity index (χ1v) is 9.90. The van der Waals surface area contributed by atoms with Gasteiger partial charge in [0.25, 0.3) is 0 Å². The second kappa shape index (κ2) is 10.9. The molecule has 160 valence electrons. The van der Waals surface area contributed by atoms with Crippen LogP contribution in [0.2, 0.25) is 0 Å². The third-order valence-electron chi connectivity index (χ3n) is 4.58. The first-order valence-electron chi connectivity index (χ1n) is 9.90. The van der Waals surface area contributed by atoms with Gasteiger partial charge in [-0.25, -0.2) is 0 Å². The van der Waals surface area contributed by atoms with Crippen LogP contribution in [0.1, 0.15) is 57.4 Å². The summed E-state index contributed by atoms with van der Waals surface area (Å²) in [6, 6.07) is 20.5. The smallest absolute Gasteiger partial charge is 0.160 e. The normalized spacial score (nSPS) is 9.84. The lowest BCUT2D eigenvalue weighted by Gasteiger charge is -2.06. The molecule has 3 aromatic rings. The summed E-state index contributed by atoms with van der Waals surface area (Å²) in [5.74, 6) is 1.22. The van der Waals surface area contributed by atoms with Crippen molar-refractivity contribution < 1.29 is 19.1 Å². The molecule has 3 rings (SSSR count). The highest BCUT2D eigenvalue weighted by Gasteiger charge is 2.13. The Balaban J connectivity index is 0.000000221. The monoisotopic (exact) mass is 417 g/mol. The van der Waals surface area contributed by atoms with Gasteiger partial charge in [0.2, 0.25) is 0 Å². The molecule has 0 heterocycles. The standard InChI is InChI=1S/C14H15NO.C12H12O3/c1-11-3-7-13(8-4-11)16-14-9-5-12(15-2)6-10-14;1-7(13)10-4-5-11(8(2)14)12(6-10)9(3)15/h3-10,15H,1-2H3;4-6H,1-3H3. The van der Waals surface area contributed by atoms with Gasteiger partial charge < -0.3 is 10.1 Å². The summed E-state index contributed by atoms with van der Waals surface area (Å²) in [6.07, 6.45) is 0. The van der Waals surface area contributed by atoms with Crippen molar-refractivity contribution >= 4 is 23.0 Å². The third kappa shape index (κ3) is 6.93. The number of hydrogen-bond donors (Lipinski definition) is 1. The number of ketones is 3. The van der Waals surface area contributed by atoms with E-state index in [0.29, 0.717) is 16.7 Å². The number of carbonyl (C=O) groups excluding carboxylic acids is 3. The first-order chi connectivity index (χ1) is 14.7. The molecule has 0 radical (unpaired) electrons. The Labute approximate surface area is 183 Å². The number of Topliss-reactive ketones (excluding diaryl/α,β-unsaturated/α-hetero) is 3. The van der Waals surface area contributed by atoms with E-state index in [-0.39, 0.29) is 17.3 Å². The zero-order valence-corrected chi connectivity index (χ0v) is 18.5. The summed E-state index contributed by atoms with van der Waals surface area (Å²) in [5.41, 5.74) is 3.45. The van der Waals surface area contributed by atoms with Gasteiger partial charge in [-0.3, -0.25) is 14.4 Å². The molecule has 1 N–H and O–H groups in total. The molecule has 0 aliphatic carbocycles. The highest BCUT2D eigenvalue weighted by atomic mass is 16.5. The average Bonchev–Trinajstić information content (AvgIpc) is 2.75. The fraction of sp³-hybridized carbons (Fsp3) is 0.192. The van der Waals surface area contributed by atoms with Gasteiger partial charge in [0.15, 0.2) is 17.3 Å². The van der Waals surface area contributed by atoms with Gasteiger partial charge >= 0.3 is 0 Å². The molecule has 5 nitrogen and oxygen atoms in total. The molecule has 0 fully saturated rings. The van der Waals surface area contributed by atoms with Crippen LogP contribution in [0, 0.1) is 6.92 Å². The average molecular weight is 418 g/mol. The topological polar surface area (TPSA) is 72.5 Å². The molecule has 0 saturated heterocycles. The maximum absolute atomic E-state index is 11.3. The molecule has 0 atom stereocenters. The number of ether oxygens (including phenoxy) is 1. The van der Waals surface area contributed by atoms with Crippen LogP contribution in [-0.4, -0.2) is 24.4 Å². The summed E-state index contributed by atoms with van der Waals surface area (Å²) < 4.78 is 5.71. The molecule has 0 aromatic heterocycles. The molecule has 0 aliphatic heterocycles. The highest BCUT2D eigenvalue weighted by molar-refractivity contribution is 6.09. The minimum absolute atomic E-state index is 0.118. The van der Waals surface area contributed by atoms with E-state index in [1.54, 1.807) is 6.07 Å². The number of nitrogens with one attached hydrogen (secondary N) is 1. The first kappa shape index (κ1) is 23.5. The fourth-order valence-corrected chi connectivity index (χ4v) is 2.79. The van der Waals surface area contributed by atoms with Crippen LogP contribution in [0.25, 0.3) is 0 Å². The van der Waals surface area contributed by atoms with Gasteiger partial charge in [0.05, 0.1) is 0 Å². The Bertz CT molecular complexity index is 1070. The van der Waals surface area contributed by atoms with Crippen molar-refractivity contribution in [3.05, 3.63) is 89.0 Å². The van der Waals surface area contributed by atoms with Crippen molar-refractivity contribution in [2.24, 2.45) is 0 Å². The van der Waals surface area contributed by atoms with Crippen molar-refractivity contribution in [2.75, 3.05) is 12.4 Å². The maximum atomic E-state index is 11.3. The van der Waals surface area contributed by atoms with Crippen molar-refractivity contribution in [2.45, 2.75) is 27.7 Å². The lowest BCUT2D eigenvalue weighted by molar-refractivity contribution is 0.0979. The molecule has 0 aliphatic rings. The van der Waals surface area contributed by atoms with Gasteiger partial charge in [-0.05, 0) is 76.2 Å². The molecule has 0 unspecified atom stereocenters. The summed E-state index contributed by atoms with van der Waals surface area (Å²) in [5, 5.41) is 3.07. The van der Waals surface area contributed by atoms with E-state index in [1.807, 2.05) is 55.6 Å². The van der Waals surface area contributed by atoms with Crippen molar-refractivity contribution in [3.63, 3.8) is 0 Å². The molecule has 0 spiro atoms. The molecular formula is C26H27NO4. The minimum Gasteiger partial charge on any atom is -0.457 e. The Hall–Kier alpha value is -3.73. The Kier molecular flexibility index (Phi) is 8.26. The second-order valence-electron chi connectivity index (χ2n) is 7.12.